The number of halogens is 1. The molecule has 1 aromatic heterocycles. The van der Waals surface area contributed by atoms with Gasteiger partial charge in [-0.05, 0) is 58.4 Å². The Bertz CT molecular complexity index is 1130. The van der Waals surface area contributed by atoms with Gasteiger partial charge < -0.3 is 15.4 Å². The lowest BCUT2D eigenvalue weighted by Crippen LogP contribution is -2.48. The van der Waals surface area contributed by atoms with Gasteiger partial charge in [-0.1, -0.05) is 48.5 Å². The fraction of sp³-hybridized carbons (Fsp3) is 0.400. The number of aromatic nitrogens is 2. The molecule has 33 heavy (non-hydrogen) atoms. The number of rotatable bonds is 9. The molecule has 0 saturated carbocycles. The SMILES string of the molecule is C=c1c(CNCCCNC(=O)OC(C)(C)C)nn(Cc2ccccc2)c(=O)/c1=C/C=C(\C)Cl. The summed E-state index contributed by atoms with van der Waals surface area (Å²) in [7, 11) is 0. The number of hydrogen-bond donors (Lipinski definition) is 2. The number of carbonyl (C=O) groups excluding carboxylic acids is 1. The molecule has 2 N–H and O–H groups in total. The minimum absolute atomic E-state index is 0.219. The molecule has 0 saturated heterocycles. The van der Waals surface area contributed by atoms with Crippen molar-refractivity contribution < 1.29 is 9.53 Å². The molecule has 0 bridgehead atoms. The summed E-state index contributed by atoms with van der Waals surface area (Å²) in [5.74, 6) is 0. The molecular weight excluding hydrogens is 440 g/mol. The lowest BCUT2D eigenvalue weighted by atomic mass is 10.2. The highest BCUT2D eigenvalue weighted by atomic mass is 35.5. The molecule has 2 rings (SSSR count). The van der Waals surface area contributed by atoms with E-state index in [1.54, 1.807) is 19.1 Å². The molecule has 1 amide bonds. The van der Waals surface area contributed by atoms with Crippen LogP contribution in [-0.4, -0.2) is 34.6 Å². The van der Waals surface area contributed by atoms with Gasteiger partial charge >= 0.3 is 6.09 Å². The van der Waals surface area contributed by atoms with Gasteiger partial charge in [0.15, 0.2) is 0 Å². The molecule has 0 aliphatic rings. The molecule has 178 valence electrons. The third-order valence-corrected chi connectivity index (χ3v) is 4.65. The van der Waals surface area contributed by atoms with Crippen LogP contribution in [0.3, 0.4) is 0 Å². The number of alkyl carbamates (subject to hydrolysis) is 1. The van der Waals surface area contributed by atoms with Crippen molar-refractivity contribution in [1.29, 1.82) is 0 Å². The Morgan fingerprint density at radius 1 is 1.24 bits per heavy atom. The number of amides is 1. The molecule has 0 spiro atoms. The number of nitrogens with one attached hydrogen (secondary N) is 2. The molecule has 0 aliphatic carbocycles. The molecule has 0 unspecified atom stereocenters. The van der Waals surface area contributed by atoms with Gasteiger partial charge in [0.1, 0.15) is 5.60 Å². The zero-order valence-electron chi connectivity index (χ0n) is 19.8. The van der Waals surface area contributed by atoms with E-state index in [0.717, 1.165) is 5.56 Å². The van der Waals surface area contributed by atoms with E-state index in [0.29, 0.717) is 53.8 Å². The van der Waals surface area contributed by atoms with Gasteiger partial charge in [-0.15, -0.1) is 0 Å². The van der Waals surface area contributed by atoms with E-state index in [1.807, 2.05) is 51.1 Å². The molecule has 2 aromatic rings. The maximum absolute atomic E-state index is 13.0. The quantitative estimate of drug-likeness (QED) is 0.548. The van der Waals surface area contributed by atoms with Crippen LogP contribution >= 0.6 is 11.6 Å². The van der Waals surface area contributed by atoms with Crippen LogP contribution < -0.4 is 26.6 Å². The first-order valence-electron chi connectivity index (χ1n) is 10.9. The Morgan fingerprint density at radius 3 is 2.58 bits per heavy atom. The Hall–Kier alpha value is -2.90. The summed E-state index contributed by atoms with van der Waals surface area (Å²) >= 11 is 5.97. The average Bonchev–Trinajstić information content (AvgIpc) is 2.72. The minimum atomic E-state index is -0.521. The Balaban J connectivity index is 2.10. The smallest absolute Gasteiger partial charge is 0.407 e. The monoisotopic (exact) mass is 472 g/mol. The summed E-state index contributed by atoms with van der Waals surface area (Å²) in [5.41, 5.74) is 0.916. The van der Waals surface area contributed by atoms with E-state index in [2.05, 4.69) is 22.3 Å². The summed E-state index contributed by atoms with van der Waals surface area (Å²) < 4.78 is 6.67. The highest BCUT2D eigenvalue weighted by molar-refractivity contribution is 6.29. The van der Waals surface area contributed by atoms with E-state index >= 15 is 0 Å². The van der Waals surface area contributed by atoms with Crippen molar-refractivity contribution in [2.75, 3.05) is 13.1 Å². The summed E-state index contributed by atoms with van der Waals surface area (Å²) in [4.78, 5) is 24.7. The van der Waals surface area contributed by atoms with E-state index in [4.69, 9.17) is 16.3 Å². The molecular formula is C25H33ClN4O3. The lowest BCUT2D eigenvalue weighted by molar-refractivity contribution is 0.0527. The van der Waals surface area contributed by atoms with Crippen LogP contribution in [0.2, 0.25) is 0 Å². The summed E-state index contributed by atoms with van der Waals surface area (Å²) in [6.45, 7) is 13.2. The molecule has 7 nitrogen and oxygen atoms in total. The highest BCUT2D eigenvalue weighted by Crippen LogP contribution is 2.06. The maximum Gasteiger partial charge on any atom is 0.407 e. The van der Waals surface area contributed by atoms with E-state index in [-0.39, 0.29) is 5.56 Å². The number of hydrogen-bond acceptors (Lipinski definition) is 5. The molecule has 0 radical (unpaired) electrons. The molecule has 1 heterocycles. The Labute approximate surface area is 199 Å². The van der Waals surface area contributed by atoms with Crippen LogP contribution in [0.1, 0.15) is 45.4 Å². The summed E-state index contributed by atoms with van der Waals surface area (Å²) in [6.07, 6.45) is 3.65. The van der Waals surface area contributed by atoms with Gasteiger partial charge in [0.25, 0.3) is 5.56 Å². The third kappa shape index (κ3) is 9.24. The molecule has 8 heteroatoms. The lowest BCUT2D eigenvalue weighted by Gasteiger charge is -2.19. The second-order valence-electron chi connectivity index (χ2n) is 8.67. The predicted molar refractivity (Wildman–Crippen MR) is 133 cm³/mol. The number of allylic oxidation sites excluding steroid dienone is 2. The van der Waals surface area contributed by atoms with Crippen molar-refractivity contribution in [3.63, 3.8) is 0 Å². The van der Waals surface area contributed by atoms with Gasteiger partial charge in [-0.3, -0.25) is 4.79 Å². The number of ether oxygens (including phenoxy) is 1. The van der Waals surface area contributed by atoms with Crippen LogP contribution in [-0.2, 0) is 17.8 Å². The van der Waals surface area contributed by atoms with Crippen LogP contribution in [0, 0.1) is 0 Å². The van der Waals surface area contributed by atoms with Crippen LogP contribution in [0.15, 0.2) is 46.2 Å². The minimum Gasteiger partial charge on any atom is -0.444 e. The van der Waals surface area contributed by atoms with Crippen LogP contribution in [0.4, 0.5) is 4.79 Å². The van der Waals surface area contributed by atoms with Crippen molar-refractivity contribution in [3.05, 3.63) is 73.5 Å². The van der Waals surface area contributed by atoms with Crippen molar-refractivity contribution in [3.8, 4) is 0 Å². The van der Waals surface area contributed by atoms with Crippen molar-refractivity contribution in [2.24, 2.45) is 0 Å². The molecule has 1 aromatic carbocycles. The fourth-order valence-electron chi connectivity index (χ4n) is 2.98. The van der Waals surface area contributed by atoms with Gasteiger partial charge in [-0.25, -0.2) is 9.48 Å². The van der Waals surface area contributed by atoms with Gasteiger partial charge in [0, 0.05) is 23.3 Å². The summed E-state index contributed by atoms with van der Waals surface area (Å²) in [5, 5.41) is 12.2. The normalized spacial score (nSPS) is 12.6. The Kier molecular flexibility index (Phi) is 9.88. The standard InChI is InChI=1S/C25H33ClN4O3/c1-18(26)12-13-21-19(2)22(16-27-14-9-15-28-24(32)33-25(3,4)5)29-30(23(21)31)17-20-10-7-6-8-11-20/h6-8,10-13,27H,2,9,14-17H2,1,3-5H3,(H,28,32)/b18-12+,21-13+. The number of carbonyl (C=O) groups is 1. The first-order valence-corrected chi connectivity index (χ1v) is 11.3. The zero-order valence-corrected chi connectivity index (χ0v) is 20.5. The molecule has 0 atom stereocenters. The maximum atomic E-state index is 13.0. The largest absolute Gasteiger partial charge is 0.444 e. The molecule has 0 aliphatic heterocycles. The van der Waals surface area contributed by atoms with Gasteiger partial charge in [0.05, 0.1) is 17.5 Å². The van der Waals surface area contributed by atoms with Crippen molar-refractivity contribution in [2.45, 2.75) is 52.8 Å². The van der Waals surface area contributed by atoms with Crippen LogP contribution in [0.25, 0.3) is 12.7 Å². The van der Waals surface area contributed by atoms with Crippen molar-refractivity contribution in [1.82, 2.24) is 20.4 Å². The summed E-state index contributed by atoms with van der Waals surface area (Å²) in [6, 6.07) is 9.69. The second kappa shape index (κ2) is 12.4. The zero-order chi connectivity index (χ0) is 24.4. The van der Waals surface area contributed by atoms with E-state index in [9.17, 15) is 9.59 Å². The first kappa shape index (κ1) is 26.4. The fourth-order valence-corrected chi connectivity index (χ4v) is 3.04. The first-order chi connectivity index (χ1) is 15.6. The topological polar surface area (TPSA) is 85.2 Å². The predicted octanol–water partition coefficient (Wildman–Crippen LogP) is 2.63. The molecule has 0 fully saturated rings. The average molecular weight is 473 g/mol. The number of benzene rings is 1. The second-order valence-corrected chi connectivity index (χ2v) is 9.26. The van der Waals surface area contributed by atoms with E-state index in [1.165, 1.54) is 4.68 Å². The van der Waals surface area contributed by atoms with E-state index < -0.39 is 11.7 Å². The highest BCUT2D eigenvalue weighted by Gasteiger charge is 2.15. The third-order valence-electron chi connectivity index (χ3n) is 4.53. The number of nitrogens with zero attached hydrogens (tertiary/aromatic N) is 2. The van der Waals surface area contributed by atoms with Crippen molar-refractivity contribution >= 4 is 30.3 Å². The van der Waals surface area contributed by atoms with Gasteiger partial charge in [-0.2, -0.15) is 5.10 Å². The Morgan fingerprint density at radius 2 is 1.94 bits per heavy atom. The van der Waals surface area contributed by atoms with Gasteiger partial charge in [0.2, 0.25) is 0 Å². The van der Waals surface area contributed by atoms with Crippen LogP contribution in [0.5, 0.6) is 0 Å².